The molecule has 0 bridgehead atoms. The lowest BCUT2D eigenvalue weighted by molar-refractivity contribution is -0.120. The highest BCUT2D eigenvalue weighted by Crippen LogP contribution is 2.49. The van der Waals surface area contributed by atoms with Crippen molar-refractivity contribution < 1.29 is 14.3 Å². The fourth-order valence-electron chi connectivity index (χ4n) is 3.59. The predicted molar refractivity (Wildman–Crippen MR) is 115 cm³/mol. The fourth-order valence-corrected chi connectivity index (χ4v) is 5.48. The molecule has 5 rings (SSSR count). The smallest absolute Gasteiger partial charge is 0.272 e. The van der Waals surface area contributed by atoms with Crippen molar-refractivity contribution in [1.29, 1.82) is 0 Å². The number of ether oxygens (including phenoxy) is 1. The number of hydrogen-bond acceptors (Lipinski definition) is 6. The third-order valence-electron chi connectivity index (χ3n) is 4.92. The van der Waals surface area contributed by atoms with Gasteiger partial charge in [0.25, 0.3) is 11.8 Å². The molecule has 5 nitrogen and oxygen atoms in total. The summed E-state index contributed by atoms with van der Waals surface area (Å²) in [6.45, 7) is 0. The van der Waals surface area contributed by atoms with Gasteiger partial charge in [-0.2, -0.15) is 0 Å². The number of imide groups is 1. The highest BCUT2D eigenvalue weighted by Gasteiger charge is 2.46. The van der Waals surface area contributed by atoms with E-state index in [1.165, 1.54) is 23.8 Å². The van der Waals surface area contributed by atoms with E-state index in [-0.39, 0.29) is 11.8 Å². The van der Waals surface area contributed by atoms with Gasteiger partial charge in [0.15, 0.2) is 0 Å². The number of benzene rings is 2. The Hall–Kier alpha value is -3.03. The lowest BCUT2D eigenvalue weighted by Gasteiger charge is -2.22. The Kier molecular flexibility index (Phi) is 4.41. The van der Waals surface area contributed by atoms with Crippen LogP contribution in [0.1, 0.15) is 10.9 Å². The predicted octanol–water partition coefficient (Wildman–Crippen LogP) is 4.84. The second-order valence-corrected chi connectivity index (χ2v) is 8.58. The number of nitrogens with zero attached hydrogens (tertiary/aromatic N) is 1. The number of carbonyl (C=O) groups excluding carboxylic acids is 2. The van der Waals surface area contributed by atoms with Crippen LogP contribution >= 0.6 is 23.1 Å². The van der Waals surface area contributed by atoms with Crippen molar-refractivity contribution in [2.24, 2.45) is 0 Å². The molecule has 29 heavy (non-hydrogen) atoms. The first-order chi connectivity index (χ1) is 14.2. The third kappa shape index (κ3) is 2.85. The number of nitrogens with one attached hydrogen (secondary N) is 1. The molecule has 3 heterocycles. The van der Waals surface area contributed by atoms with Crippen LogP contribution in [0.2, 0.25) is 0 Å². The van der Waals surface area contributed by atoms with Crippen molar-refractivity contribution >= 4 is 46.3 Å². The van der Waals surface area contributed by atoms with Crippen LogP contribution in [0.15, 0.2) is 81.4 Å². The molecule has 2 aliphatic rings. The SMILES string of the molecule is COc1ccccc1N1C(=O)C2=C(C1=O)C(c1cccs1)Nc1ccccc1S2. The van der Waals surface area contributed by atoms with Gasteiger partial charge >= 0.3 is 0 Å². The van der Waals surface area contributed by atoms with Crippen LogP contribution in [0.5, 0.6) is 5.75 Å². The minimum atomic E-state index is -0.391. The first-order valence-corrected chi connectivity index (χ1v) is 10.7. The van der Waals surface area contributed by atoms with Crippen LogP contribution in [0, 0.1) is 0 Å². The van der Waals surface area contributed by atoms with Gasteiger partial charge in [0, 0.05) is 15.5 Å². The largest absolute Gasteiger partial charge is 0.495 e. The van der Waals surface area contributed by atoms with Gasteiger partial charge in [-0.15, -0.1) is 11.3 Å². The van der Waals surface area contributed by atoms with Crippen LogP contribution in [0.3, 0.4) is 0 Å². The number of methoxy groups -OCH3 is 1. The lowest BCUT2D eigenvalue weighted by Crippen LogP contribution is -2.33. The molecule has 2 aromatic carbocycles. The molecule has 1 atom stereocenters. The maximum Gasteiger partial charge on any atom is 0.272 e. The second-order valence-electron chi connectivity index (χ2n) is 6.55. The highest BCUT2D eigenvalue weighted by molar-refractivity contribution is 8.04. The maximum atomic E-state index is 13.6. The Morgan fingerprint density at radius 1 is 0.966 bits per heavy atom. The number of rotatable bonds is 3. The molecule has 3 aromatic rings. The van der Waals surface area contributed by atoms with Crippen molar-refractivity contribution in [3.8, 4) is 5.75 Å². The molecule has 0 radical (unpaired) electrons. The summed E-state index contributed by atoms with van der Waals surface area (Å²) in [4.78, 5) is 30.6. The number of carbonyl (C=O) groups is 2. The summed E-state index contributed by atoms with van der Waals surface area (Å²) < 4.78 is 5.40. The molecular formula is C22H16N2O3S2. The lowest BCUT2D eigenvalue weighted by atomic mass is 10.0. The third-order valence-corrected chi connectivity index (χ3v) is 7.03. The average molecular weight is 421 g/mol. The molecular weight excluding hydrogens is 404 g/mol. The zero-order valence-electron chi connectivity index (χ0n) is 15.4. The fraction of sp³-hybridized carbons (Fsp3) is 0.0909. The Labute approximate surface area is 176 Å². The van der Waals surface area contributed by atoms with E-state index >= 15 is 0 Å². The van der Waals surface area contributed by atoms with Crippen LogP contribution in [0.4, 0.5) is 11.4 Å². The number of amides is 2. The van der Waals surface area contributed by atoms with Gasteiger partial charge in [0.05, 0.1) is 29.3 Å². The molecule has 1 unspecified atom stereocenters. The Morgan fingerprint density at radius 2 is 1.76 bits per heavy atom. The molecule has 0 saturated heterocycles. The van der Waals surface area contributed by atoms with Gasteiger partial charge in [-0.25, -0.2) is 4.90 Å². The van der Waals surface area contributed by atoms with E-state index in [9.17, 15) is 9.59 Å². The van der Waals surface area contributed by atoms with Gasteiger partial charge in [0.2, 0.25) is 0 Å². The van der Waals surface area contributed by atoms with E-state index < -0.39 is 6.04 Å². The maximum absolute atomic E-state index is 13.6. The van der Waals surface area contributed by atoms with E-state index in [4.69, 9.17) is 4.74 Å². The zero-order valence-corrected chi connectivity index (χ0v) is 17.0. The number of para-hydroxylation sites is 3. The molecule has 2 amide bonds. The van der Waals surface area contributed by atoms with Crippen molar-refractivity contribution in [3.63, 3.8) is 0 Å². The van der Waals surface area contributed by atoms with Crippen molar-refractivity contribution in [3.05, 3.63) is 81.4 Å². The summed E-state index contributed by atoms with van der Waals surface area (Å²) in [6.07, 6.45) is 0. The van der Waals surface area contributed by atoms with Crippen LogP contribution in [0.25, 0.3) is 0 Å². The minimum Gasteiger partial charge on any atom is -0.495 e. The van der Waals surface area contributed by atoms with E-state index in [1.54, 1.807) is 29.5 Å². The second kappa shape index (κ2) is 7.09. The normalized spacial score (nSPS) is 18.2. The van der Waals surface area contributed by atoms with Crippen LogP contribution in [-0.2, 0) is 9.59 Å². The van der Waals surface area contributed by atoms with Gasteiger partial charge in [0.1, 0.15) is 5.75 Å². The Bertz CT molecular complexity index is 1150. The van der Waals surface area contributed by atoms with E-state index in [1.807, 2.05) is 47.8 Å². The number of thioether (sulfide) groups is 1. The van der Waals surface area contributed by atoms with Crippen molar-refractivity contribution in [1.82, 2.24) is 0 Å². The summed E-state index contributed by atoms with van der Waals surface area (Å²) in [5, 5.41) is 5.46. The Morgan fingerprint density at radius 3 is 2.55 bits per heavy atom. The highest BCUT2D eigenvalue weighted by atomic mass is 32.2. The number of hydrogen-bond donors (Lipinski definition) is 1. The van der Waals surface area contributed by atoms with E-state index in [0.29, 0.717) is 21.9 Å². The van der Waals surface area contributed by atoms with Gasteiger partial charge in [-0.1, -0.05) is 42.1 Å². The van der Waals surface area contributed by atoms with Crippen LogP contribution in [-0.4, -0.2) is 18.9 Å². The Balaban J connectivity index is 1.67. The number of fused-ring (bicyclic) bond motifs is 1. The van der Waals surface area contributed by atoms with E-state index in [2.05, 4.69) is 5.32 Å². The summed E-state index contributed by atoms with van der Waals surface area (Å²) in [5.41, 5.74) is 1.84. The van der Waals surface area contributed by atoms with Crippen LogP contribution < -0.4 is 15.0 Å². The van der Waals surface area contributed by atoms with Gasteiger partial charge in [-0.3, -0.25) is 9.59 Å². The summed E-state index contributed by atoms with van der Waals surface area (Å²) in [5.74, 6) is -0.154. The number of anilines is 2. The standard InChI is InChI=1S/C22H16N2O3S2/c1-27-15-9-4-3-8-14(15)24-21(25)18-19(17-11-6-12-28-17)23-13-7-2-5-10-16(13)29-20(18)22(24)26/h2-12,19,23H,1H3. The molecule has 0 fully saturated rings. The molecule has 0 aliphatic carbocycles. The first kappa shape index (κ1) is 18.0. The molecule has 1 aromatic heterocycles. The van der Waals surface area contributed by atoms with Crippen molar-refractivity contribution in [2.75, 3.05) is 17.3 Å². The summed E-state index contributed by atoms with van der Waals surface area (Å²) >= 11 is 2.90. The molecule has 144 valence electrons. The minimum absolute atomic E-state index is 0.319. The number of thiophene rings is 1. The summed E-state index contributed by atoms with van der Waals surface area (Å²) in [6, 6.07) is 18.4. The van der Waals surface area contributed by atoms with Gasteiger partial charge in [-0.05, 0) is 35.7 Å². The molecule has 0 spiro atoms. The quantitative estimate of drug-likeness (QED) is 0.614. The van der Waals surface area contributed by atoms with E-state index in [0.717, 1.165) is 15.5 Å². The topological polar surface area (TPSA) is 58.6 Å². The van der Waals surface area contributed by atoms with Crippen molar-refractivity contribution in [2.45, 2.75) is 10.9 Å². The molecule has 1 N–H and O–H groups in total. The molecule has 2 aliphatic heterocycles. The molecule has 0 saturated carbocycles. The average Bonchev–Trinajstić information content (AvgIpc) is 3.30. The monoisotopic (exact) mass is 420 g/mol. The first-order valence-electron chi connectivity index (χ1n) is 9.02. The molecule has 7 heteroatoms. The van der Waals surface area contributed by atoms with Gasteiger partial charge < -0.3 is 10.1 Å². The zero-order chi connectivity index (χ0) is 20.0. The summed E-state index contributed by atoms with van der Waals surface area (Å²) in [7, 11) is 1.53.